The van der Waals surface area contributed by atoms with Crippen LogP contribution in [0.25, 0.3) is 0 Å². The van der Waals surface area contributed by atoms with Gasteiger partial charge in [-0.05, 0) is 37.9 Å². The molecule has 3 heteroatoms. The number of likely N-dealkylation sites (tertiary alicyclic amines) is 1. The van der Waals surface area contributed by atoms with E-state index in [0.29, 0.717) is 12.6 Å². The predicted octanol–water partition coefficient (Wildman–Crippen LogP) is 2.79. The summed E-state index contributed by atoms with van der Waals surface area (Å²) < 4.78 is 5.17. The number of hydrogen-bond donors (Lipinski definition) is 1. The summed E-state index contributed by atoms with van der Waals surface area (Å²) in [4.78, 5) is 2.51. The summed E-state index contributed by atoms with van der Waals surface area (Å²) in [6, 6.07) is 2.38. The standard InChI is InChI=1S/C14H24N2O/c1-2-3-12-4-7-16(8-5-12)14(10-15)13-6-9-17-11-13/h6,9,11-12,14H,2-5,7-8,10,15H2,1H3. The summed E-state index contributed by atoms with van der Waals surface area (Å²) in [6.07, 6.45) is 8.90. The first-order valence-corrected chi connectivity index (χ1v) is 6.81. The zero-order chi connectivity index (χ0) is 12.1. The topological polar surface area (TPSA) is 42.4 Å². The zero-order valence-electron chi connectivity index (χ0n) is 10.8. The Labute approximate surface area is 104 Å². The molecule has 1 aromatic heterocycles. The smallest absolute Gasteiger partial charge is 0.0950 e. The minimum absolute atomic E-state index is 0.344. The van der Waals surface area contributed by atoms with Crippen LogP contribution in [0.4, 0.5) is 0 Å². The fraction of sp³-hybridized carbons (Fsp3) is 0.714. The van der Waals surface area contributed by atoms with E-state index < -0.39 is 0 Å². The highest BCUT2D eigenvalue weighted by molar-refractivity contribution is 5.12. The summed E-state index contributed by atoms with van der Waals surface area (Å²) in [5.74, 6) is 0.930. The molecular formula is C14H24N2O. The van der Waals surface area contributed by atoms with E-state index in [1.165, 1.54) is 44.3 Å². The van der Waals surface area contributed by atoms with Crippen LogP contribution in [0.1, 0.15) is 44.2 Å². The molecule has 3 nitrogen and oxygen atoms in total. The Morgan fingerprint density at radius 1 is 1.47 bits per heavy atom. The van der Waals surface area contributed by atoms with Gasteiger partial charge in [-0.1, -0.05) is 19.8 Å². The van der Waals surface area contributed by atoms with E-state index in [0.717, 1.165) is 5.92 Å². The molecule has 96 valence electrons. The summed E-state index contributed by atoms with van der Waals surface area (Å²) in [6.45, 7) is 5.31. The van der Waals surface area contributed by atoms with E-state index in [-0.39, 0.29) is 0 Å². The van der Waals surface area contributed by atoms with Crippen molar-refractivity contribution in [2.24, 2.45) is 11.7 Å². The highest BCUT2D eigenvalue weighted by Gasteiger charge is 2.25. The third-order valence-electron chi connectivity index (χ3n) is 3.94. The Kier molecular flexibility index (Phi) is 4.63. The number of furan rings is 1. The van der Waals surface area contributed by atoms with Gasteiger partial charge < -0.3 is 10.2 Å². The van der Waals surface area contributed by atoms with Gasteiger partial charge in [0.05, 0.1) is 18.6 Å². The van der Waals surface area contributed by atoms with Crippen molar-refractivity contribution in [1.29, 1.82) is 0 Å². The fourth-order valence-corrected chi connectivity index (χ4v) is 2.92. The quantitative estimate of drug-likeness (QED) is 0.854. The van der Waals surface area contributed by atoms with Crippen molar-refractivity contribution in [3.63, 3.8) is 0 Å². The lowest BCUT2D eigenvalue weighted by Crippen LogP contribution is -2.39. The predicted molar refractivity (Wildman–Crippen MR) is 69.7 cm³/mol. The van der Waals surface area contributed by atoms with Gasteiger partial charge >= 0.3 is 0 Å². The number of nitrogens with zero attached hydrogens (tertiary/aromatic N) is 1. The summed E-state index contributed by atoms with van der Waals surface area (Å²) in [7, 11) is 0. The second kappa shape index (κ2) is 6.22. The second-order valence-electron chi connectivity index (χ2n) is 5.08. The van der Waals surface area contributed by atoms with E-state index in [9.17, 15) is 0 Å². The molecule has 0 spiro atoms. The van der Waals surface area contributed by atoms with Gasteiger partial charge in [-0.25, -0.2) is 0 Å². The van der Waals surface area contributed by atoms with Crippen LogP contribution in [-0.2, 0) is 0 Å². The molecule has 1 fully saturated rings. The molecule has 1 atom stereocenters. The number of hydrogen-bond acceptors (Lipinski definition) is 3. The molecule has 2 rings (SSSR count). The molecule has 1 aliphatic rings. The SMILES string of the molecule is CCCC1CCN(C(CN)c2ccoc2)CC1. The first-order chi connectivity index (χ1) is 8.35. The largest absolute Gasteiger partial charge is 0.472 e. The van der Waals surface area contributed by atoms with Crippen LogP contribution >= 0.6 is 0 Å². The Morgan fingerprint density at radius 3 is 2.76 bits per heavy atom. The van der Waals surface area contributed by atoms with Crippen LogP contribution in [0.3, 0.4) is 0 Å². The molecule has 0 bridgehead atoms. The maximum absolute atomic E-state index is 5.90. The molecule has 1 saturated heterocycles. The van der Waals surface area contributed by atoms with Gasteiger partial charge in [0.25, 0.3) is 0 Å². The monoisotopic (exact) mass is 236 g/mol. The Bertz CT molecular complexity index is 302. The van der Waals surface area contributed by atoms with Crippen LogP contribution in [0.15, 0.2) is 23.0 Å². The highest BCUT2D eigenvalue weighted by Crippen LogP contribution is 2.28. The highest BCUT2D eigenvalue weighted by atomic mass is 16.3. The van der Waals surface area contributed by atoms with E-state index >= 15 is 0 Å². The number of nitrogens with two attached hydrogens (primary N) is 1. The molecule has 2 N–H and O–H groups in total. The molecule has 1 unspecified atom stereocenters. The minimum Gasteiger partial charge on any atom is -0.472 e. The summed E-state index contributed by atoms with van der Waals surface area (Å²) in [5.41, 5.74) is 7.13. The molecule has 1 aromatic rings. The van der Waals surface area contributed by atoms with Crippen LogP contribution < -0.4 is 5.73 Å². The van der Waals surface area contributed by atoms with Crippen molar-refractivity contribution in [2.75, 3.05) is 19.6 Å². The molecule has 0 saturated carbocycles. The van der Waals surface area contributed by atoms with Gasteiger partial charge in [-0.3, -0.25) is 4.90 Å². The fourth-order valence-electron chi connectivity index (χ4n) is 2.92. The summed E-state index contributed by atoms with van der Waals surface area (Å²) in [5, 5.41) is 0. The summed E-state index contributed by atoms with van der Waals surface area (Å²) >= 11 is 0. The van der Waals surface area contributed by atoms with Crippen molar-refractivity contribution in [3.8, 4) is 0 Å². The Hall–Kier alpha value is -0.800. The minimum atomic E-state index is 0.344. The van der Waals surface area contributed by atoms with Crippen molar-refractivity contribution in [3.05, 3.63) is 24.2 Å². The van der Waals surface area contributed by atoms with Crippen LogP contribution in [0.5, 0.6) is 0 Å². The van der Waals surface area contributed by atoms with Gasteiger partial charge in [-0.15, -0.1) is 0 Å². The zero-order valence-corrected chi connectivity index (χ0v) is 10.8. The molecule has 0 radical (unpaired) electrons. The molecule has 0 amide bonds. The molecule has 0 aromatic carbocycles. The number of rotatable bonds is 5. The van der Waals surface area contributed by atoms with Gasteiger partial charge in [-0.2, -0.15) is 0 Å². The molecule has 2 heterocycles. The lowest BCUT2D eigenvalue weighted by atomic mass is 9.91. The maximum atomic E-state index is 5.90. The van der Waals surface area contributed by atoms with E-state index in [1.54, 1.807) is 6.26 Å². The third-order valence-corrected chi connectivity index (χ3v) is 3.94. The molecule has 17 heavy (non-hydrogen) atoms. The maximum Gasteiger partial charge on any atom is 0.0950 e. The third kappa shape index (κ3) is 3.11. The first kappa shape index (κ1) is 12.7. The molecule has 0 aliphatic carbocycles. The van der Waals surface area contributed by atoms with Gasteiger partial charge in [0, 0.05) is 12.1 Å². The average Bonchev–Trinajstić information content (AvgIpc) is 2.86. The van der Waals surface area contributed by atoms with Crippen LogP contribution in [0.2, 0.25) is 0 Å². The van der Waals surface area contributed by atoms with Crippen molar-refractivity contribution < 1.29 is 4.42 Å². The van der Waals surface area contributed by atoms with Gasteiger partial charge in [0.2, 0.25) is 0 Å². The van der Waals surface area contributed by atoms with Crippen molar-refractivity contribution in [1.82, 2.24) is 4.90 Å². The molecule has 1 aliphatic heterocycles. The second-order valence-corrected chi connectivity index (χ2v) is 5.08. The van der Waals surface area contributed by atoms with Crippen molar-refractivity contribution >= 4 is 0 Å². The van der Waals surface area contributed by atoms with Crippen LogP contribution in [-0.4, -0.2) is 24.5 Å². The van der Waals surface area contributed by atoms with Gasteiger partial charge in [0.15, 0.2) is 0 Å². The van der Waals surface area contributed by atoms with Crippen molar-refractivity contribution in [2.45, 2.75) is 38.6 Å². The lowest BCUT2D eigenvalue weighted by Gasteiger charge is -2.36. The van der Waals surface area contributed by atoms with Crippen LogP contribution in [0, 0.1) is 5.92 Å². The van der Waals surface area contributed by atoms with Gasteiger partial charge in [0.1, 0.15) is 0 Å². The molecular weight excluding hydrogens is 212 g/mol. The Morgan fingerprint density at radius 2 is 2.24 bits per heavy atom. The van der Waals surface area contributed by atoms with E-state index in [2.05, 4.69) is 11.8 Å². The average molecular weight is 236 g/mol. The Balaban J connectivity index is 1.90. The van der Waals surface area contributed by atoms with E-state index in [4.69, 9.17) is 10.2 Å². The van der Waals surface area contributed by atoms with E-state index in [1.807, 2.05) is 12.3 Å². The normalized spacial score (nSPS) is 20.6. The lowest BCUT2D eigenvalue weighted by molar-refractivity contribution is 0.131. The number of piperidine rings is 1. The first-order valence-electron chi connectivity index (χ1n) is 6.81.